The molecule has 1 saturated heterocycles. The Hall–Kier alpha value is -1.40. The van der Waals surface area contributed by atoms with E-state index in [1.54, 1.807) is 31.1 Å². The van der Waals surface area contributed by atoms with Gasteiger partial charge in [0.25, 0.3) is 0 Å². The minimum atomic E-state index is -3.53. The van der Waals surface area contributed by atoms with Gasteiger partial charge < -0.3 is 4.90 Å². The molecule has 116 valence electrons. The molecular formula is C15H22N2O3S. The van der Waals surface area contributed by atoms with Crippen molar-refractivity contribution in [1.82, 2.24) is 9.21 Å². The van der Waals surface area contributed by atoms with Crippen LogP contribution in [-0.4, -0.2) is 50.2 Å². The van der Waals surface area contributed by atoms with Gasteiger partial charge in [0, 0.05) is 33.1 Å². The third-order valence-corrected chi connectivity index (χ3v) is 6.14. The smallest absolute Gasteiger partial charge is 0.243 e. The van der Waals surface area contributed by atoms with Crippen molar-refractivity contribution in [1.29, 1.82) is 0 Å². The summed E-state index contributed by atoms with van der Waals surface area (Å²) in [5, 5.41) is 0. The van der Waals surface area contributed by atoms with Crippen LogP contribution < -0.4 is 0 Å². The van der Waals surface area contributed by atoms with E-state index in [0.29, 0.717) is 30.7 Å². The molecule has 1 aliphatic heterocycles. The van der Waals surface area contributed by atoms with Crippen LogP contribution in [-0.2, 0) is 21.2 Å². The number of amides is 1. The molecule has 0 saturated carbocycles. The molecular weight excluding hydrogens is 288 g/mol. The van der Waals surface area contributed by atoms with Gasteiger partial charge in [-0.25, -0.2) is 8.42 Å². The van der Waals surface area contributed by atoms with Crippen molar-refractivity contribution in [3.05, 3.63) is 29.8 Å². The molecule has 1 aromatic carbocycles. The van der Waals surface area contributed by atoms with Crippen LogP contribution in [0.1, 0.15) is 25.3 Å². The maximum Gasteiger partial charge on any atom is 0.243 e. The Morgan fingerprint density at radius 3 is 2.62 bits per heavy atom. The second kappa shape index (κ2) is 6.15. The number of nitrogens with zero attached hydrogens (tertiary/aromatic N) is 2. The lowest BCUT2D eigenvalue weighted by molar-refractivity contribution is -0.133. The molecule has 1 amide bonds. The van der Waals surface area contributed by atoms with Gasteiger partial charge in [0.05, 0.1) is 4.90 Å². The lowest BCUT2D eigenvalue weighted by Crippen LogP contribution is -2.49. The highest BCUT2D eigenvalue weighted by molar-refractivity contribution is 7.89. The average Bonchev–Trinajstić information content (AvgIpc) is 2.49. The maximum absolute atomic E-state index is 12.8. The van der Waals surface area contributed by atoms with E-state index in [4.69, 9.17) is 0 Å². The molecule has 0 unspecified atom stereocenters. The predicted molar refractivity (Wildman–Crippen MR) is 81.4 cm³/mol. The summed E-state index contributed by atoms with van der Waals surface area (Å²) in [6.45, 7) is 2.39. The van der Waals surface area contributed by atoms with Gasteiger partial charge in [-0.15, -0.1) is 0 Å². The Morgan fingerprint density at radius 1 is 1.33 bits per heavy atom. The van der Waals surface area contributed by atoms with E-state index >= 15 is 0 Å². The number of likely N-dealkylation sites (tertiary alicyclic amines) is 1. The van der Waals surface area contributed by atoms with Crippen molar-refractivity contribution in [2.45, 2.75) is 37.1 Å². The fourth-order valence-corrected chi connectivity index (χ4v) is 4.35. The van der Waals surface area contributed by atoms with Crippen LogP contribution in [0.25, 0.3) is 0 Å². The summed E-state index contributed by atoms with van der Waals surface area (Å²) in [6.07, 6.45) is 1.65. The summed E-state index contributed by atoms with van der Waals surface area (Å²) in [4.78, 5) is 13.5. The van der Waals surface area contributed by atoms with Crippen LogP contribution >= 0.6 is 0 Å². The van der Waals surface area contributed by atoms with E-state index in [-0.39, 0.29) is 11.9 Å². The zero-order chi connectivity index (χ0) is 15.6. The predicted octanol–water partition coefficient (Wildman–Crippen LogP) is 1.49. The number of piperidine rings is 1. The quantitative estimate of drug-likeness (QED) is 0.846. The number of rotatable bonds is 4. The van der Waals surface area contributed by atoms with E-state index in [2.05, 4.69) is 0 Å². The topological polar surface area (TPSA) is 57.7 Å². The standard InChI is InChI=1S/C15H22N2O3S/c1-4-12-7-5-6-8-14(12)21(19,20)17(3)13-9-10-15(18)16(2)11-13/h5-8,13H,4,9-11H2,1-3H3/t13-/m1/s1. The zero-order valence-electron chi connectivity index (χ0n) is 12.7. The normalized spacial score (nSPS) is 20.1. The third-order valence-electron chi connectivity index (χ3n) is 4.13. The van der Waals surface area contributed by atoms with Crippen LogP contribution in [0.3, 0.4) is 0 Å². The molecule has 1 aliphatic rings. The Balaban J connectivity index is 2.29. The monoisotopic (exact) mass is 310 g/mol. The second-order valence-electron chi connectivity index (χ2n) is 5.45. The van der Waals surface area contributed by atoms with Gasteiger partial charge in [-0.2, -0.15) is 4.31 Å². The number of benzene rings is 1. The molecule has 0 radical (unpaired) electrons. The average molecular weight is 310 g/mol. The van der Waals surface area contributed by atoms with Crippen LogP contribution in [0, 0.1) is 0 Å². The minimum Gasteiger partial charge on any atom is -0.344 e. The molecule has 6 heteroatoms. The number of carbonyl (C=O) groups excluding carboxylic acids is 1. The molecule has 0 aliphatic carbocycles. The number of hydrogen-bond donors (Lipinski definition) is 0. The Kier molecular flexibility index (Phi) is 4.68. The van der Waals surface area contributed by atoms with E-state index in [9.17, 15) is 13.2 Å². The lowest BCUT2D eigenvalue weighted by Gasteiger charge is -2.35. The van der Waals surface area contributed by atoms with Gasteiger partial charge >= 0.3 is 0 Å². The van der Waals surface area contributed by atoms with E-state index in [0.717, 1.165) is 5.56 Å². The van der Waals surface area contributed by atoms with Crippen molar-refractivity contribution < 1.29 is 13.2 Å². The van der Waals surface area contributed by atoms with Gasteiger partial charge in [-0.05, 0) is 24.5 Å². The molecule has 0 bridgehead atoms. The molecule has 1 fully saturated rings. The maximum atomic E-state index is 12.8. The number of hydrogen-bond acceptors (Lipinski definition) is 3. The Morgan fingerprint density at radius 2 is 2.00 bits per heavy atom. The molecule has 1 atom stereocenters. The summed E-state index contributed by atoms with van der Waals surface area (Å²) in [5.41, 5.74) is 0.824. The minimum absolute atomic E-state index is 0.0750. The Bertz CT molecular complexity index is 628. The highest BCUT2D eigenvalue weighted by atomic mass is 32.2. The number of sulfonamides is 1. The number of aryl methyl sites for hydroxylation is 1. The van der Waals surface area contributed by atoms with Crippen molar-refractivity contribution in [3.63, 3.8) is 0 Å². The SMILES string of the molecule is CCc1ccccc1S(=O)(=O)N(C)[C@@H]1CCC(=O)N(C)C1. The largest absolute Gasteiger partial charge is 0.344 e. The Labute approximate surface area is 126 Å². The van der Waals surface area contributed by atoms with Gasteiger partial charge in [0.2, 0.25) is 15.9 Å². The third kappa shape index (κ3) is 3.11. The van der Waals surface area contributed by atoms with E-state index in [1.165, 1.54) is 4.31 Å². The summed E-state index contributed by atoms with van der Waals surface area (Å²) in [7, 11) is -0.202. The molecule has 0 spiro atoms. The van der Waals surface area contributed by atoms with Crippen LogP contribution in [0.15, 0.2) is 29.2 Å². The second-order valence-corrected chi connectivity index (χ2v) is 7.42. The van der Waals surface area contributed by atoms with Crippen LogP contribution in [0.2, 0.25) is 0 Å². The number of likely N-dealkylation sites (N-methyl/N-ethyl adjacent to an activating group) is 2. The van der Waals surface area contributed by atoms with E-state index in [1.807, 2.05) is 19.1 Å². The van der Waals surface area contributed by atoms with Crippen molar-refractivity contribution in [2.24, 2.45) is 0 Å². The van der Waals surface area contributed by atoms with Crippen LogP contribution in [0.5, 0.6) is 0 Å². The summed E-state index contributed by atoms with van der Waals surface area (Å²) >= 11 is 0. The van der Waals surface area contributed by atoms with Crippen LogP contribution in [0.4, 0.5) is 0 Å². The first-order valence-electron chi connectivity index (χ1n) is 7.17. The van der Waals surface area contributed by atoms with Gasteiger partial charge in [-0.3, -0.25) is 4.79 Å². The molecule has 1 heterocycles. The number of carbonyl (C=O) groups is 1. The summed E-state index contributed by atoms with van der Waals surface area (Å²) in [6, 6.07) is 6.93. The molecule has 0 N–H and O–H groups in total. The van der Waals surface area contributed by atoms with Gasteiger partial charge in [-0.1, -0.05) is 25.1 Å². The molecule has 5 nitrogen and oxygen atoms in total. The molecule has 2 rings (SSSR count). The summed E-state index contributed by atoms with van der Waals surface area (Å²) < 4.78 is 27.1. The molecule has 1 aromatic rings. The fraction of sp³-hybridized carbons (Fsp3) is 0.533. The first kappa shape index (κ1) is 16.0. The van der Waals surface area contributed by atoms with Crippen molar-refractivity contribution >= 4 is 15.9 Å². The highest BCUT2D eigenvalue weighted by Gasteiger charge is 2.33. The van der Waals surface area contributed by atoms with Gasteiger partial charge in [0.15, 0.2) is 0 Å². The zero-order valence-corrected chi connectivity index (χ0v) is 13.6. The van der Waals surface area contributed by atoms with E-state index < -0.39 is 10.0 Å². The van der Waals surface area contributed by atoms with Gasteiger partial charge in [0.1, 0.15) is 0 Å². The lowest BCUT2D eigenvalue weighted by atomic mass is 10.1. The first-order chi connectivity index (χ1) is 9.87. The van der Waals surface area contributed by atoms with Crippen molar-refractivity contribution in [2.75, 3.05) is 20.6 Å². The summed E-state index contributed by atoms with van der Waals surface area (Å²) in [5.74, 6) is 0.0750. The van der Waals surface area contributed by atoms with Crippen molar-refractivity contribution in [3.8, 4) is 0 Å². The molecule has 21 heavy (non-hydrogen) atoms. The molecule has 0 aromatic heterocycles. The highest BCUT2D eigenvalue weighted by Crippen LogP contribution is 2.24. The fourth-order valence-electron chi connectivity index (χ4n) is 2.69. The first-order valence-corrected chi connectivity index (χ1v) is 8.61.